The molecule has 4 saturated carbocycles. The van der Waals surface area contributed by atoms with Gasteiger partial charge in [0.1, 0.15) is 54.2 Å². The fourth-order valence-electron chi connectivity index (χ4n) is 13.8. The van der Waals surface area contributed by atoms with Crippen molar-refractivity contribution in [1.82, 2.24) is 0 Å². The van der Waals surface area contributed by atoms with Gasteiger partial charge in [0.15, 0.2) is 12.6 Å². The Balaban J connectivity index is 1.10. The summed E-state index contributed by atoms with van der Waals surface area (Å²) in [6, 6.07) is 0. The van der Waals surface area contributed by atoms with E-state index in [0.717, 1.165) is 38.5 Å². The van der Waals surface area contributed by atoms with E-state index in [9.17, 15) is 50.8 Å². The molecule has 0 bridgehead atoms. The molecule has 56 heavy (non-hydrogen) atoms. The highest BCUT2D eigenvalue weighted by atomic mass is 16.7. The Morgan fingerprint density at radius 1 is 0.732 bits per heavy atom. The molecule has 0 radical (unpaired) electrons. The fourth-order valence-corrected chi connectivity index (χ4v) is 13.8. The molecule has 6 fully saturated rings. The smallest absolute Gasteiger partial charge is 0.312 e. The third kappa shape index (κ3) is 6.13. The van der Waals surface area contributed by atoms with Gasteiger partial charge in [-0.1, -0.05) is 60.1 Å². The maximum Gasteiger partial charge on any atom is 0.312 e. The zero-order valence-corrected chi connectivity index (χ0v) is 34.1. The molecule has 14 heteroatoms. The first kappa shape index (κ1) is 42.8. The van der Waals surface area contributed by atoms with Crippen LogP contribution in [0.15, 0.2) is 11.6 Å². The van der Waals surface area contributed by atoms with Crippen LogP contribution in [-0.2, 0) is 23.7 Å². The van der Waals surface area contributed by atoms with Crippen LogP contribution < -0.4 is 0 Å². The summed E-state index contributed by atoms with van der Waals surface area (Å²) in [4.78, 5) is 13.1. The third-order valence-corrected chi connectivity index (χ3v) is 17.3. The van der Waals surface area contributed by atoms with Crippen LogP contribution in [0, 0.1) is 50.2 Å². The second-order valence-corrected chi connectivity index (χ2v) is 20.8. The van der Waals surface area contributed by atoms with Crippen LogP contribution in [0.1, 0.15) is 106 Å². The number of aliphatic carboxylic acids is 1. The molecule has 9 N–H and O–H groups in total. The van der Waals surface area contributed by atoms with Gasteiger partial charge in [0, 0.05) is 0 Å². The summed E-state index contributed by atoms with van der Waals surface area (Å²) in [7, 11) is 0. The molecule has 0 amide bonds. The molecule has 7 rings (SSSR count). The van der Waals surface area contributed by atoms with Gasteiger partial charge in [-0.05, 0) is 103 Å². The molecule has 5 aliphatic carbocycles. The lowest BCUT2D eigenvalue weighted by molar-refractivity contribution is -0.368. The van der Waals surface area contributed by atoms with E-state index in [1.807, 2.05) is 0 Å². The molecular weight excluding hydrogens is 728 g/mol. The Morgan fingerprint density at radius 3 is 2.00 bits per heavy atom. The van der Waals surface area contributed by atoms with E-state index in [1.54, 1.807) is 0 Å². The Hall–Kier alpha value is -1.27. The maximum absolute atomic E-state index is 13.1. The normalized spacial score (nSPS) is 53.8. The van der Waals surface area contributed by atoms with Gasteiger partial charge in [0.25, 0.3) is 0 Å². The van der Waals surface area contributed by atoms with Gasteiger partial charge in [-0.25, -0.2) is 0 Å². The lowest BCUT2D eigenvalue weighted by Gasteiger charge is -2.71. The van der Waals surface area contributed by atoms with Crippen LogP contribution in [-0.4, -0.2) is 139 Å². The second-order valence-electron chi connectivity index (χ2n) is 20.8. The number of carboxylic acid groups (broad SMARTS) is 1. The van der Waals surface area contributed by atoms with Crippen molar-refractivity contribution in [3.63, 3.8) is 0 Å². The van der Waals surface area contributed by atoms with Crippen molar-refractivity contribution in [3.05, 3.63) is 11.6 Å². The predicted molar refractivity (Wildman–Crippen MR) is 199 cm³/mol. The minimum Gasteiger partial charge on any atom is -0.481 e. The van der Waals surface area contributed by atoms with Crippen LogP contribution in [0.25, 0.3) is 0 Å². The summed E-state index contributed by atoms with van der Waals surface area (Å²) in [5.74, 6) is -0.629. The van der Waals surface area contributed by atoms with Crippen molar-refractivity contribution in [2.45, 2.75) is 180 Å². The molecule has 2 saturated heterocycles. The third-order valence-electron chi connectivity index (χ3n) is 17.3. The van der Waals surface area contributed by atoms with E-state index < -0.39 is 97.5 Å². The Bertz CT molecular complexity index is 1520. The largest absolute Gasteiger partial charge is 0.481 e. The molecule has 0 aromatic carbocycles. The number of carboxylic acids is 1. The summed E-state index contributed by atoms with van der Waals surface area (Å²) < 4.78 is 23.8. The number of carbonyl (C=O) groups is 1. The first-order valence-electron chi connectivity index (χ1n) is 20.9. The van der Waals surface area contributed by atoms with Gasteiger partial charge in [0.05, 0.1) is 25.4 Å². The molecule has 0 aromatic rings. The zero-order valence-electron chi connectivity index (χ0n) is 34.1. The fraction of sp³-hybridized carbons (Fsp3) is 0.929. The van der Waals surface area contributed by atoms with Gasteiger partial charge >= 0.3 is 5.97 Å². The summed E-state index contributed by atoms with van der Waals surface area (Å²) >= 11 is 0. The molecule has 0 spiro atoms. The molecule has 0 aromatic heterocycles. The van der Waals surface area contributed by atoms with Crippen molar-refractivity contribution in [2.75, 3.05) is 13.2 Å². The van der Waals surface area contributed by atoms with Crippen molar-refractivity contribution < 1.29 is 69.7 Å². The van der Waals surface area contributed by atoms with E-state index in [0.29, 0.717) is 19.3 Å². The number of ether oxygens (including phenoxy) is 4. The minimum absolute atomic E-state index is 0.0205. The van der Waals surface area contributed by atoms with Crippen molar-refractivity contribution in [2.24, 2.45) is 50.2 Å². The number of hydrogen-bond acceptors (Lipinski definition) is 13. The summed E-state index contributed by atoms with van der Waals surface area (Å²) in [6.07, 6.45) is -7.64. The number of allylic oxidation sites excluding steroid dienone is 2. The lowest BCUT2D eigenvalue weighted by atomic mass is 9.33. The van der Waals surface area contributed by atoms with E-state index in [2.05, 4.69) is 54.5 Å². The highest BCUT2D eigenvalue weighted by molar-refractivity contribution is 5.77. The quantitative estimate of drug-likeness (QED) is 0.132. The van der Waals surface area contributed by atoms with E-state index in [4.69, 9.17) is 18.9 Å². The number of fused-ring (bicyclic) bond motifs is 7. The van der Waals surface area contributed by atoms with Crippen molar-refractivity contribution in [3.8, 4) is 0 Å². The Kier molecular flexibility index (Phi) is 11.0. The van der Waals surface area contributed by atoms with Gasteiger partial charge < -0.3 is 64.9 Å². The van der Waals surface area contributed by atoms with Crippen LogP contribution in [0.5, 0.6) is 0 Å². The Morgan fingerprint density at radius 2 is 1.36 bits per heavy atom. The van der Waals surface area contributed by atoms with E-state index in [-0.39, 0.29) is 45.5 Å². The molecule has 0 unspecified atom stereocenters. The summed E-state index contributed by atoms with van der Waals surface area (Å²) in [6.45, 7) is 14.6. The molecule has 320 valence electrons. The van der Waals surface area contributed by atoms with Crippen LogP contribution in [0.4, 0.5) is 0 Å². The lowest BCUT2D eigenvalue weighted by Crippen LogP contribution is -2.68. The first-order chi connectivity index (χ1) is 26.0. The SMILES string of the molecule is CC1(C)CC[C@]2(C(=O)O)[C@H](O)C[C@]3(C)C(=CC[C@H]4[C@@]5(C)CC[C@H](O[C@@H]6O[C@H](CO)[C@@H](O[C@@H]7O[C@H](CO)[C@@H](O)[C@H](O)[C@H]7O)[C@H](O)[C@H]6O)C(C)(C)[C@H]5CC[C@@]43C)[C@@H]2C1. The van der Waals surface area contributed by atoms with Gasteiger partial charge in [-0.2, -0.15) is 0 Å². The van der Waals surface area contributed by atoms with Crippen molar-refractivity contribution in [1.29, 1.82) is 0 Å². The van der Waals surface area contributed by atoms with Gasteiger partial charge in [-0.15, -0.1) is 0 Å². The topological polar surface area (TPSA) is 236 Å². The number of hydrogen-bond donors (Lipinski definition) is 9. The highest BCUT2D eigenvalue weighted by Crippen LogP contribution is 2.76. The van der Waals surface area contributed by atoms with Crippen molar-refractivity contribution >= 4 is 5.97 Å². The molecule has 2 aliphatic heterocycles. The molecule has 14 nitrogen and oxygen atoms in total. The number of rotatable bonds is 7. The van der Waals surface area contributed by atoms with Crippen LogP contribution in [0.3, 0.4) is 0 Å². The average molecular weight is 797 g/mol. The average Bonchev–Trinajstić information content (AvgIpc) is 3.12. The van der Waals surface area contributed by atoms with E-state index in [1.165, 1.54) is 5.57 Å². The van der Waals surface area contributed by atoms with Crippen LogP contribution >= 0.6 is 0 Å². The maximum atomic E-state index is 13.1. The minimum atomic E-state index is -1.75. The molecule has 7 aliphatic rings. The molecule has 19 atom stereocenters. The molecular formula is C42H68O14. The summed E-state index contributed by atoms with van der Waals surface area (Å²) in [5, 5.41) is 96.1. The predicted octanol–water partition coefficient (Wildman–Crippen LogP) is 1.85. The monoisotopic (exact) mass is 796 g/mol. The summed E-state index contributed by atoms with van der Waals surface area (Å²) in [5.41, 5.74) is -1.04. The second kappa shape index (κ2) is 14.4. The van der Waals surface area contributed by atoms with Gasteiger partial charge in [0.2, 0.25) is 0 Å². The Labute approximate surface area is 330 Å². The standard InChI is InChI=1S/C42H68O14/c1-37(2)14-15-42(36(51)52)21(16-37)20-8-9-25-39(5)12-11-27(38(3,4)24(39)10-13-40(25,6)41(20,7)17-26(42)45)55-34-32(50)30(48)33(23(19-44)54-34)56-35-31(49)29(47)28(46)22(18-43)53-35/h8,21-35,43-50H,9-19H2,1-7H3,(H,51,52)/t21-,22+,23+,24+,25-,26+,27-,28+,29-,30+,31+,32+,33+,34-,35-,39-,40-,41+,42+/m0/s1. The van der Waals surface area contributed by atoms with Gasteiger partial charge in [-0.3, -0.25) is 4.79 Å². The van der Waals surface area contributed by atoms with E-state index >= 15 is 0 Å². The zero-order chi connectivity index (χ0) is 41.1. The number of aliphatic hydroxyl groups excluding tert-OH is 8. The number of aliphatic hydroxyl groups is 8. The first-order valence-corrected chi connectivity index (χ1v) is 20.9. The molecule has 2 heterocycles. The van der Waals surface area contributed by atoms with Crippen LogP contribution in [0.2, 0.25) is 0 Å². The highest BCUT2D eigenvalue weighted by Gasteiger charge is 2.71.